The third kappa shape index (κ3) is 2.99. The zero-order valence-corrected chi connectivity index (χ0v) is 9.29. The second-order valence-electron chi connectivity index (χ2n) is 4.99. The van der Waals surface area contributed by atoms with Crippen LogP contribution in [0.1, 0.15) is 52.4 Å². The maximum Gasteiger partial charge on any atom is 0.0777 e. The van der Waals surface area contributed by atoms with Crippen LogP contribution >= 0.6 is 0 Å². The Labute approximate surface area is 86.9 Å². The molecule has 2 nitrogen and oxygen atoms in total. The largest absolute Gasteiger partial charge is 0.389 e. The van der Waals surface area contributed by atoms with Crippen molar-refractivity contribution in [3.8, 4) is 6.07 Å². The van der Waals surface area contributed by atoms with Crippen LogP contribution < -0.4 is 0 Å². The first-order valence-electron chi connectivity index (χ1n) is 5.67. The molecular weight excluding hydrogens is 174 g/mol. The highest BCUT2D eigenvalue weighted by atomic mass is 16.3. The molecule has 0 aromatic carbocycles. The van der Waals surface area contributed by atoms with Gasteiger partial charge >= 0.3 is 0 Å². The Morgan fingerprint density at radius 1 is 1.43 bits per heavy atom. The predicted molar refractivity (Wildman–Crippen MR) is 56.6 cm³/mol. The summed E-state index contributed by atoms with van der Waals surface area (Å²) in [5.41, 5.74) is -0.682. The summed E-state index contributed by atoms with van der Waals surface area (Å²) in [5, 5.41) is 18.8. The lowest BCUT2D eigenvalue weighted by atomic mass is 9.87. The molecule has 2 unspecified atom stereocenters. The average molecular weight is 195 g/mol. The van der Waals surface area contributed by atoms with E-state index in [1.54, 1.807) is 0 Å². The molecule has 0 heterocycles. The van der Waals surface area contributed by atoms with Gasteiger partial charge in [0.1, 0.15) is 0 Å². The maximum atomic E-state index is 10.1. The van der Waals surface area contributed by atoms with Crippen molar-refractivity contribution >= 4 is 0 Å². The second kappa shape index (κ2) is 4.79. The quantitative estimate of drug-likeness (QED) is 0.688. The van der Waals surface area contributed by atoms with Gasteiger partial charge in [-0.15, -0.1) is 0 Å². The van der Waals surface area contributed by atoms with Crippen molar-refractivity contribution in [2.45, 2.75) is 58.0 Å². The normalized spacial score (nSPS) is 33.8. The van der Waals surface area contributed by atoms with Crippen LogP contribution in [0.3, 0.4) is 0 Å². The second-order valence-corrected chi connectivity index (χ2v) is 4.99. The van der Waals surface area contributed by atoms with Gasteiger partial charge in [0.15, 0.2) is 0 Å². The highest BCUT2D eigenvalue weighted by Crippen LogP contribution is 2.35. The van der Waals surface area contributed by atoms with Crippen molar-refractivity contribution in [1.82, 2.24) is 0 Å². The SMILES string of the molecule is CC(C)C1CCCC(O)(CC#N)CC1. The summed E-state index contributed by atoms with van der Waals surface area (Å²) in [6.07, 6.45) is 5.29. The standard InChI is InChI=1S/C12H21NO/c1-10(2)11-4-3-6-12(14,7-5-11)8-9-13/h10-11,14H,3-8H2,1-2H3. The molecule has 14 heavy (non-hydrogen) atoms. The minimum Gasteiger partial charge on any atom is -0.389 e. The molecule has 1 aliphatic carbocycles. The highest BCUT2D eigenvalue weighted by molar-refractivity contribution is 4.91. The van der Waals surface area contributed by atoms with Crippen LogP contribution in [0.4, 0.5) is 0 Å². The van der Waals surface area contributed by atoms with Gasteiger partial charge in [-0.25, -0.2) is 0 Å². The molecule has 0 aliphatic heterocycles. The van der Waals surface area contributed by atoms with Gasteiger partial charge in [-0.3, -0.25) is 0 Å². The molecule has 0 radical (unpaired) electrons. The number of nitriles is 1. The summed E-state index contributed by atoms with van der Waals surface area (Å²) in [7, 11) is 0. The van der Waals surface area contributed by atoms with E-state index in [2.05, 4.69) is 19.9 Å². The van der Waals surface area contributed by atoms with Gasteiger partial charge in [-0.1, -0.05) is 26.7 Å². The first kappa shape index (κ1) is 11.5. The molecule has 0 aromatic heterocycles. The topological polar surface area (TPSA) is 44.0 Å². The first-order valence-corrected chi connectivity index (χ1v) is 5.67. The summed E-state index contributed by atoms with van der Waals surface area (Å²) in [6.45, 7) is 4.50. The van der Waals surface area contributed by atoms with E-state index in [1.165, 1.54) is 6.42 Å². The molecule has 1 aliphatic rings. The Hall–Kier alpha value is -0.550. The summed E-state index contributed by atoms with van der Waals surface area (Å²) in [6, 6.07) is 2.10. The molecule has 0 bridgehead atoms. The van der Waals surface area contributed by atoms with E-state index in [0.29, 0.717) is 12.3 Å². The fourth-order valence-corrected chi connectivity index (χ4v) is 2.41. The van der Waals surface area contributed by atoms with Crippen molar-refractivity contribution in [3.05, 3.63) is 0 Å². The van der Waals surface area contributed by atoms with Gasteiger partial charge in [0.2, 0.25) is 0 Å². The van der Waals surface area contributed by atoms with E-state index in [0.717, 1.165) is 31.6 Å². The summed E-state index contributed by atoms with van der Waals surface area (Å²) < 4.78 is 0. The van der Waals surface area contributed by atoms with E-state index in [4.69, 9.17) is 5.26 Å². The highest BCUT2D eigenvalue weighted by Gasteiger charge is 2.31. The molecule has 80 valence electrons. The zero-order chi connectivity index (χ0) is 10.6. The van der Waals surface area contributed by atoms with Crippen LogP contribution in [-0.2, 0) is 0 Å². The fraction of sp³-hybridized carbons (Fsp3) is 0.917. The Morgan fingerprint density at radius 2 is 2.14 bits per heavy atom. The van der Waals surface area contributed by atoms with Gasteiger partial charge in [0.05, 0.1) is 18.1 Å². The smallest absolute Gasteiger partial charge is 0.0777 e. The van der Waals surface area contributed by atoms with Crippen LogP contribution in [0.25, 0.3) is 0 Å². The van der Waals surface area contributed by atoms with E-state index in [9.17, 15) is 5.11 Å². The van der Waals surface area contributed by atoms with Crippen LogP contribution in [0.5, 0.6) is 0 Å². The molecule has 1 saturated carbocycles. The molecule has 0 saturated heterocycles. The molecular formula is C12H21NO. The lowest BCUT2D eigenvalue weighted by Crippen LogP contribution is -2.27. The third-order valence-corrected chi connectivity index (χ3v) is 3.55. The number of rotatable bonds is 2. The average Bonchev–Trinajstić information content (AvgIpc) is 2.28. The lowest BCUT2D eigenvalue weighted by Gasteiger charge is -2.23. The lowest BCUT2D eigenvalue weighted by molar-refractivity contribution is 0.0280. The Morgan fingerprint density at radius 3 is 2.71 bits per heavy atom. The van der Waals surface area contributed by atoms with E-state index in [1.807, 2.05) is 0 Å². The Balaban J connectivity index is 2.52. The molecule has 1 N–H and O–H groups in total. The van der Waals surface area contributed by atoms with Gasteiger partial charge in [-0.05, 0) is 31.1 Å². The number of hydrogen-bond donors (Lipinski definition) is 1. The number of nitrogens with zero attached hydrogens (tertiary/aromatic N) is 1. The van der Waals surface area contributed by atoms with Crippen molar-refractivity contribution in [1.29, 1.82) is 5.26 Å². The summed E-state index contributed by atoms with van der Waals surface area (Å²) in [5.74, 6) is 1.45. The van der Waals surface area contributed by atoms with Crippen LogP contribution in [0, 0.1) is 23.2 Å². The van der Waals surface area contributed by atoms with Crippen LogP contribution in [0.2, 0.25) is 0 Å². The fourth-order valence-electron chi connectivity index (χ4n) is 2.41. The molecule has 1 fully saturated rings. The molecule has 0 amide bonds. The molecule has 2 heteroatoms. The minimum atomic E-state index is -0.682. The van der Waals surface area contributed by atoms with Gasteiger partial charge in [-0.2, -0.15) is 5.26 Å². The van der Waals surface area contributed by atoms with Gasteiger partial charge in [0.25, 0.3) is 0 Å². The van der Waals surface area contributed by atoms with Crippen molar-refractivity contribution < 1.29 is 5.11 Å². The monoisotopic (exact) mass is 195 g/mol. The summed E-state index contributed by atoms with van der Waals surface area (Å²) in [4.78, 5) is 0. The van der Waals surface area contributed by atoms with Crippen molar-refractivity contribution in [2.75, 3.05) is 0 Å². The zero-order valence-electron chi connectivity index (χ0n) is 9.29. The third-order valence-electron chi connectivity index (χ3n) is 3.55. The minimum absolute atomic E-state index is 0.303. The van der Waals surface area contributed by atoms with Gasteiger partial charge in [0, 0.05) is 0 Å². The van der Waals surface area contributed by atoms with E-state index < -0.39 is 5.60 Å². The predicted octanol–water partition coefficient (Wildman–Crippen LogP) is 2.87. The molecule has 2 atom stereocenters. The van der Waals surface area contributed by atoms with Crippen molar-refractivity contribution in [3.63, 3.8) is 0 Å². The number of aliphatic hydroxyl groups is 1. The van der Waals surface area contributed by atoms with Crippen LogP contribution in [0.15, 0.2) is 0 Å². The molecule has 0 aromatic rings. The molecule has 0 spiro atoms. The van der Waals surface area contributed by atoms with E-state index >= 15 is 0 Å². The molecule has 1 rings (SSSR count). The Kier molecular flexibility index (Phi) is 3.95. The maximum absolute atomic E-state index is 10.1. The van der Waals surface area contributed by atoms with Crippen LogP contribution in [-0.4, -0.2) is 10.7 Å². The first-order chi connectivity index (χ1) is 6.57. The summed E-state index contributed by atoms with van der Waals surface area (Å²) >= 11 is 0. The van der Waals surface area contributed by atoms with Crippen molar-refractivity contribution in [2.24, 2.45) is 11.8 Å². The Bertz CT molecular complexity index is 219. The number of hydrogen-bond acceptors (Lipinski definition) is 2. The van der Waals surface area contributed by atoms with Gasteiger partial charge < -0.3 is 5.11 Å². The van der Waals surface area contributed by atoms with E-state index in [-0.39, 0.29) is 0 Å².